The maximum absolute atomic E-state index is 13.7. The van der Waals surface area contributed by atoms with E-state index >= 15 is 0 Å². The fraction of sp³-hybridized carbons (Fsp3) is 0.357. The van der Waals surface area contributed by atoms with Gasteiger partial charge in [0, 0.05) is 23.2 Å². The third-order valence-electron chi connectivity index (χ3n) is 2.67. The molecule has 0 unspecified atom stereocenters. The van der Waals surface area contributed by atoms with Crippen LogP contribution in [0.25, 0.3) is 11.3 Å². The van der Waals surface area contributed by atoms with Crippen molar-refractivity contribution in [1.82, 2.24) is 15.5 Å². The van der Waals surface area contributed by atoms with Gasteiger partial charge < -0.3 is 5.32 Å². The Labute approximate surface area is 106 Å². The summed E-state index contributed by atoms with van der Waals surface area (Å²) >= 11 is 0. The lowest BCUT2D eigenvalue weighted by atomic mass is 10.1. The van der Waals surface area contributed by atoms with Crippen molar-refractivity contribution in [1.29, 1.82) is 0 Å². The first-order chi connectivity index (χ1) is 8.47. The van der Waals surface area contributed by atoms with E-state index < -0.39 is 0 Å². The van der Waals surface area contributed by atoms with Crippen LogP contribution in [0.5, 0.6) is 0 Å². The summed E-state index contributed by atoms with van der Waals surface area (Å²) in [7, 11) is 0. The Morgan fingerprint density at radius 3 is 2.67 bits per heavy atom. The van der Waals surface area contributed by atoms with E-state index in [0.717, 1.165) is 11.3 Å². The highest BCUT2D eigenvalue weighted by Gasteiger charge is 2.14. The van der Waals surface area contributed by atoms with Crippen LogP contribution in [-0.4, -0.2) is 15.7 Å². The number of hydrogen-bond donors (Lipinski definition) is 2. The number of nitrogens with zero attached hydrogens (tertiary/aromatic N) is 1. The number of H-pyrrole nitrogens is 1. The minimum atomic E-state index is -0.237. The van der Waals surface area contributed by atoms with Crippen LogP contribution in [0.1, 0.15) is 26.3 Å². The van der Waals surface area contributed by atoms with Gasteiger partial charge in [0.05, 0.1) is 11.9 Å². The first-order valence-electron chi connectivity index (χ1n) is 5.99. The van der Waals surface area contributed by atoms with E-state index in [1.54, 1.807) is 18.3 Å². The molecule has 4 heteroatoms. The lowest BCUT2D eigenvalue weighted by Crippen LogP contribution is -2.35. The van der Waals surface area contributed by atoms with Crippen LogP contribution >= 0.6 is 0 Å². The number of hydrogen-bond acceptors (Lipinski definition) is 2. The SMILES string of the molecule is CC(C)(C)NCc1cn[nH]c1-c1ccccc1F. The third kappa shape index (κ3) is 2.96. The molecule has 2 N–H and O–H groups in total. The van der Waals surface area contributed by atoms with Crippen molar-refractivity contribution in [2.75, 3.05) is 0 Å². The van der Waals surface area contributed by atoms with Gasteiger partial charge in [-0.3, -0.25) is 5.10 Å². The zero-order chi connectivity index (χ0) is 13.2. The summed E-state index contributed by atoms with van der Waals surface area (Å²) in [5, 5.41) is 10.2. The molecule has 0 spiro atoms. The van der Waals surface area contributed by atoms with Crippen molar-refractivity contribution < 1.29 is 4.39 Å². The average molecular weight is 247 g/mol. The van der Waals surface area contributed by atoms with E-state index in [0.29, 0.717) is 12.1 Å². The van der Waals surface area contributed by atoms with E-state index in [9.17, 15) is 4.39 Å². The molecule has 1 aromatic carbocycles. The van der Waals surface area contributed by atoms with Crippen LogP contribution in [0.3, 0.4) is 0 Å². The van der Waals surface area contributed by atoms with E-state index in [4.69, 9.17) is 0 Å². The van der Waals surface area contributed by atoms with Crippen molar-refractivity contribution in [3.05, 3.63) is 41.8 Å². The molecule has 2 rings (SSSR count). The zero-order valence-electron chi connectivity index (χ0n) is 10.9. The number of rotatable bonds is 3. The smallest absolute Gasteiger partial charge is 0.132 e. The Hall–Kier alpha value is -1.68. The van der Waals surface area contributed by atoms with Crippen molar-refractivity contribution in [3.63, 3.8) is 0 Å². The molecule has 3 nitrogen and oxygen atoms in total. The first kappa shape index (κ1) is 12.8. The molecule has 1 aromatic heterocycles. The fourth-order valence-corrected chi connectivity index (χ4v) is 1.70. The molecule has 0 radical (unpaired) electrons. The molecule has 96 valence electrons. The molecule has 0 aliphatic carbocycles. The molecule has 2 aromatic rings. The van der Waals surface area contributed by atoms with Crippen LogP contribution in [0.15, 0.2) is 30.5 Å². The molecule has 0 fully saturated rings. The standard InChI is InChI=1S/C14H18FN3/c1-14(2,3)16-8-10-9-17-18-13(10)11-6-4-5-7-12(11)15/h4-7,9,16H,8H2,1-3H3,(H,17,18). The van der Waals surface area contributed by atoms with Crippen LogP contribution in [0, 0.1) is 5.82 Å². The normalized spacial score (nSPS) is 11.8. The summed E-state index contributed by atoms with van der Waals surface area (Å²) in [6.07, 6.45) is 1.74. The topological polar surface area (TPSA) is 40.7 Å². The third-order valence-corrected chi connectivity index (χ3v) is 2.67. The number of halogens is 1. The van der Waals surface area contributed by atoms with Gasteiger partial charge in [-0.15, -0.1) is 0 Å². The molecule has 0 amide bonds. The van der Waals surface area contributed by atoms with E-state index in [2.05, 4.69) is 36.3 Å². The number of benzene rings is 1. The molecule has 0 saturated heterocycles. The summed E-state index contributed by atoms with van der Waals surface area (Å²) in [6.45, 7) is 6.94. The van der Waals surface area contributed by atoms with Gasteiger partial charge in [0.1, 0.15) is 5.82 Å². The molecular formula is C14H18FN3. The van der Waals surface area contributed by atoms with E-state index in [-0.39, 0.29) is 11.4 Å². The molecule has 0 atom stereocenters. The predicted octanol–water partition coefficient (Wildman–Crippen LogP) is 3.10. The second-order valence-electron chi connectivity index (χ2n) is 5.35. The highest BCUT2D eigenvalue weighted by Crippen LogP contribution is 2.24. The minimum Gasteiger partial charge on any atom is -0.308 e. The van der Waals surface area contributed by atoms with Gasteiger partial charge in [0.2, 0.25) is 0 Å². The highest BCUT2D eigenvalue weighted by molar-refractivity contribution is 5.63. The van der Waals surface area contributed by atoms with Gasteiger partial charge in [-0.25, -0.2) is 4.39 Å². The minimum absolute atomic E-state index is 0.0176. The number of aromatic amines is 1. The van der Waals surface area contributed by atoms with Gasteiger partial charge in [-0.1, -0.05) is 12.1 Å². The summed E-state index contributed by atoms with van der Waals surface area (Å²) in [4.78, 5) is 0. The molecule has 0 saturated carbocycles. The Bertz CT molecular complexity index is 526. The zero-order valence-corrected chi connectivity index (χ0v) is 10.9. The highest BCUT2D eigenvalue weighted by atomic mass is 19.1. The Morgan fingerprint density at radius 2 is 2.00 bits per heavy atom. The van der Waals surface area contributed by atoms with Gasteiger partial charge in [0.15, 0.2) is 0 Å². The van der Waals surface area contributed by atoms with Crippen LogP contribution in [0.2, 0.25) is 0 Å². The second-order valence-corrected chi connectivity index (χ2v) is 5.35. The van der Waals surface area contributed by atoms with Crippen LogP contribution in [-0.2, 0) is 6.54 Å². The van der Waals surface area contributed by atoms with Crippen molar-refractivity contribution >= 4 is 0 Å². The molecule has 18 heavy (non-hydrogen) atoms. The maximum atomic E-state index is 13.7. The molecule has 0 bridgehead atoms. The largest absolute Gasteiger partial charge is 0.308 e. The summed E-state index contributed by atoms with van der Waals surface area (Å²) in [5.41, 5.74) is 2.28. The van der Waals surface area contributed by atoms with Crippen molar-refractivity contribution in [2.45, 2.75) is 32.9 Å². The van der Waals surface area contributed by atoms with E-state index in [1.807, 2.05) is 6.07 Å². The second kappa shape index (κ2) is 4.90. The van der Waals surface area contributed by atoms with E-state index in [1.165, 1.54) is 6.07 Å². The van der Waals surface area contributed by atoms with Crippen molar-refractivity contribution in [3.8, 4) is 11.3 Å². The molecule has 0 aliphatic heterocycles. The maximum Gasteiger partial charge on any atom is 0.132 e. The Kier molecular flexibility index (Phi) is 3.48. The lowest BCUT2D eigenvalue weighted by Gasteiger charge is -2.20. The van der Waals surface area contributed by atoms with Gasteiger partial charge in [-0.05, 0) is 32.9 Å². The summed E-state index contributed by atoms with van der Waals surface area (Å²) in [5.74, 6) is -0.237. The first-order valence-corrected chi connectivity index (χ1v) is 5.99. The quantitative estimate of drug-likeness (QED) is 0.875. The fourth-order valence-electron chi connectivity index (χ4n) is 1.70. The average Bonchev–Trinajstić information content (AvgIpc) is 2.74. The van der Waals surface area contributed by atoms with Crippen molar-refractivity contribution in [2.24, 2.45) is 0 Å². The van der Waals surface area contributed by atoms with Gasteiger partial charge >= 0.3 is 0 Å². The van der Waals surface area contributed by atoms with Crippen LogP contribution in [0.4, 0.5) is 4.39 Å². The van der Waals surface area contributed by atoms with Gasteiger partial charge in [0.25, 0.3) is 0 Å². The predicted molar refractivity (Wildman–Crippen MR) is 70.6 cm³/mol. The number of aromatic nitrogens is 2. The molecule has 1 heterocycles. The summed E-state index contributed by atoms with van der Waals surface area (Å²) < 4.78 is 13.7. The Balaban J connectivity index is 2.26. The Morgan fingerprint density at radius 1 is 1.28 bits per heavy atom. The lowest BCUT2D eigenvalue weighted by molar-refractivity contribution is 0.424. The monoisotopic (exact) mass is 247 g/mol. The van der Waals surface area contributed by atoms with Gasteiger partial charge in [-0.2, -0.15) is 5.10 Å². The molecule has 0 aliphatic rings. The number of nitrogens with one attached hydrogen (secondary N) is 2. The summed E-state index contributed by atoms with van der Waals surface area (Å²) in [6, 6.07) is 6.71. The molecular weight excluding hydrogens is 229 g/mol. The van der Waals surface area contributed by atoms with Crippen LogP contribution < -0.4 is 5.32 Å².